The molecule has 110 valence electrons. The molecule has 2 aromatic carbocycles. The van der Waals surface area contributed by atoms with Crippen LogP contribution in [0.25, 0.3) is 0 Å². The summed E-state index contributed by atoms with van der Waals surface area (Å²) in [5, 5.41) is 11.3. The summed E-state index contributed by atoms with van der Waals surface area (Å²) in [6, 6.07) is 11.5. The van der Waals surface area contributed by atoms with E-state index in [0.717, 1.165) is 28.0 Å². The van der Waals surface area contributed by atoms with Crippen molar-refractivity contribution >= 4 is 11.6 Å². The van der Waals surface area contributed by atoms with Gasteiger partial charge in [-0.3, -0.25) is 0 Å². The Labute approximate surface area is 130 Å². The zero-order chi connectivity index (χ0) is 15.2. The highest BCUT2D eigenvalue weighted by molar-refractivity contribution is 6.30. The highest BCUT2D eigenvalue weighted by Crippen LogP contribution is 2.40. The lowest BCUT2D eigenvalue weighted by Crippen LogP contribution is -2.18. The number of hydrogen-bond acceptors (Lipinski definition) is 2. The predicted molar refractivity (Wildman–Crippen MR) is 85.2 cm³/mol. The first-order chi connectivity index (χ1) is 9.88. The highest BCUT2D eigenvalue weighted by atomic mass is 35.5. The number of rotatable bonds is 2. The second-order valence-electron chi connectivity index (χ2n) is 6.33. The molecule has 3 rings (SSSR count). The van der Waals surface area contributed by atoms with Gasteiger partial charge in [-0.2, -0.15) is 0 Å². The van der Waals surface area contributed by atoms with E-state index < -0.39 is 6.10 Å². The van der Waals surface area contributed by atoms with E-state index in [1.165, 1.54) is 0 Å². The average Bonchev–Trinajstić information content (AvgIpc) is 2.76. The molecule has 1 heterocycles. The first-order valence-corrected chi connectivity index (χ1v) is 7.47. The van der Waals surface area contributed by atoms with E-state index in [-0.39, 0.29) is 5.41 Å². The quantitative estimate of drug-likeness (QED) is 0.891. The summed E-state index contributed by atoms with van der Waals surface area (Å²) in [6.45, 7) is 6.96. The van der Waals surface area contributed by atoms with Crippen LogP contribution < -0.4 is 4.74 Å². The molecule has 1 N–H and O–H groups in total. The van der Waals surface area contributed by atoms with Gasteiger partial charge >= 0.3 is 0 Å². The SMILES string of the molecule is Cc1ccc(Cl)cc1C(O)c1ccc2c(c1)C(C)(C)CO2. The fourth-order valence-electron chi connectivity index (χ4n) is 2.79. The zero-order valence-corrected chi connectivity index (χ0v) is 13.2. The summed E-state index contributed by atoms with van der Waals surface area (Å²) in [5.41, 5.74) is 3.88. The minimum atomic E-state index is -0.676. The van der Waals surface area contributed by atoms with Gasteiger partial charge in [0.25, 0.3) is 0 Å². The van der Waals surface area contributed by atoms with E-state index in [4.69, 9.17) is 16.3 Å². The second kappa shape index (κ2) is 5.04. The Kier molecular flexibility index (Phi) is 3.46. The average molecular weight is 303 g/mol. The molecule has 0 aliphatic carbocycles. The van der Waals surface area contributed by atoms with Crippen molar-refractivity contribution < 1.29 is 9.84 Å². The van der Waals surface area contributed by atoms with Gasteiger partial charge in [-0.1, -0.05) is 37.6 Å². The van der Waals surface area contributed by atoms with Gasteiger partial charge in [-0.15, -0.1) is 0 Å². The third-order valence-corrected chi connectivity index (χ3v) is 4.41. The lowest BCUT2D eigenvalue weighted by atomic mass is 9.85. The molecule has 1 atom stereocenters. The number of aliphatic hydroxyl groups is 1. The molecule has 21 heavy (non-hydrogen) atoms. The molecule has 2 aromatic rings. The molecular formula is C18H19ClO2. The number of benzene rings is 2. The van der Waals surface area contributed by atoms with E-state index in [0.29, 0.717) is 11.6 Å². The number of fused-ring (bicyclic) bond motifs is 1. The summed E-state index contributed by atoms with van der Waals surface area (Å²) in [7, 11) is 0. The van der Waals surface area contributed by atoms with Crippen LogP contribution in [0, 0.1) is 6.92 Å². The molecule has 2 nitrogen and oxygen atoms in total. The topological polar surface area (TPSA) is 29.5 Å². The maximum atomic E-state index is 10.7. The maximum Gasteiger partial charge on any atom is 0.123 e. The largest absolute Gasteiger partial charge is 0.492 e. The van der Waals surface area contributed by atoms with Gasteiger partial charge in [0.2, 0.25) is 0 Å². The summed E-state index contributed by atoms with van der Waals surface area (Å²) < 4.78 is 5.69. The van der Waals surface area contributed by atoms with Crippen molar-refractivity contribution in [2.24, 2.45) is 0 Å². The molecule has 1 unspecified atom stereocenters. The van der Waals surface area contributed by atoms with Gasteiger partial charge in [0.1, 0.15) is 11.9 Å². The smallest absolute Gasteiger partial charge is 0.123 e. The van der Waals surface area contributed by atoms with Crippen molar-refractivity contribution in [3.05, 3.63) is 63.7 Å². The number of hydrogen-bond donors (Lipinski definition) is 1. The minimum absolute atomic E-state index is 0.0194. The third kappa shape index (κ3) is 2.54. The van der Waals surface area contributed by atoms with Crippen LogP contribution in [0.1, 0.15) is 42.2 Å². The van der Waals surface area contributed by atoms with Gasteiger partial charge in [0.15, 0.2) is 0 Å². The van der Waals surface area contributed by atoms with Crippen LogP contribution in [-0.2, 0) is 5.41 Å². The predicted octanol–water partition coefficient (Wildman–Crippen LogP) is 4.40. The first kappa shape index (κ1) is 14.4. The molecule has 3 heteroatoms. The van der Waals surface area contributed by atoms with Crippen LogP contribution >= 0.6 is 11.6 Å². The van der Waals surface area contributed by atoms with Gasteiger partial charge in [-0.25, -0.2) is 0 Å². The van der Waals surface area contributed by atoms with Crippen LogP contribution in [-0.4, -0.2) is 11.7 Å². The highest BCUT2D eigenvalue weighted by Gasteiger charge is 2.32. The van der Waals surface area contributed by atoms with Crippen molar-refractivity contribution in [1.82, 2.24) is 0 Å². The third-order valence-electron chi connectivity index (χ3n) is 4.17. The van der Waals surface area contributed by atoms with Crippen molar-refractivity contribution in [3.63, 3.8) is 0 Å². The molecule has 0 saturated heterocycles. The molecule has 0 radical (unpaired) electrons. The Bertz CT molecular complexity index is 692. The van der Waals surface area contributed by atoms with E-state index in [1.54, 1.807) is 0 Å². The molecule has 0 amide bonds. The zero-order valence-electron chi connectivity index (χ0n) is 12.5. The van der Waals surface area contributed by atoms with Crippen LogP contribution in [0.5, 0.6) is 5.75 Å². The standard InChI is InChI=1S/C18H19ClO2/c1-11-4-6-13(19)9-14(11)17(20)12-5-7-16-15(8-12)18(2,3)10-21-16/h4-9,17,20H,10H2,1-3H3. The fraction of sp³-hybridized carbons (Fsp3) is 0.333. The molecule has 1 aliphatic rings. The van der Waals surface area contributed by atoms with E-state index in [1.807, 2.05) is 43.3 Å². The normalized spacial score (nSPS) is 17.2. The number of aryl methyl sites for hydroxylation is 1. The van der Waals surface area contributed by atoms with Crippen molar-refractivity contribution in [3.8, 4) is 5.75 Å². The minimum Gasteiger partial charge on any atom is -0.492 e. The molecule has 0 bridgehead atoms. The van der Waals surface area contributed by atoms with Crippen molar-refractivity contribution in [1.29, 1.82) is 0 Å². The first-order valence-electron chi connectivity index (χ1n) is 7.10. The Morgan fingerprint density at radius 3 is 2.71 bits per heavy atom. The molecule has 0 fully saturated rings. The van der Waals surface area contributed by atoms with Gasteiger partial charge in [-0.05, 0) is 47.9 Å². The Balaban J connectivity index is 2.03. The van der Waals surface area contributed by atoms with E-state index in [2.05, 4.69) is 13.8 Å². The van der Waals surface area contributed by atoms with Crippen LogP contribution in [0.2, 0.25) is 5.02 Å². The van der Waals surface area contributed by atoms with E-state index in [9.17, 15) is 5.11 Å². The summed E-state index contributed by atoms with van der Waals surface area (Å²) >= 11 is 6.06. The number of ether oxygens (including phenoxy) is 1. The fourth-order valence-corrected chi connectivity index (χ4v) is 2.97. The van der Waals surface area contributed by atoms with Crippen LogP contribution in [0.4, 0.5) is 0 Å². The molecule has 0 aromatic heterocycles. The summed E-state index contributed by atoms with van der Waals surface area (Å²) in [4.78, 5) is 0. The second-order valence-corrected chi connectivity index (χ2v) is 6.77. The van der Waals surface area contributed by atoms with Gasteiger partial charge in [0.05, 0.1) is 6.61 Å². The molecule has 0 spiro atoms. The number of halogens is 1. The summed E-state index contributed by atoms with van der Waals surface area (Å²) in [6.07, 6.45) is -0.676. The summed E-state index contributed by atoms with van der Waals surface area (Å²) in [5.74, 6) is 0.916. The molecule has 1 aliphatic heterocycles. The monoisotopic (exact) mass is 302 g/mol. The van der Waals surface area contributed by atoms with Crippen molar-refractivity contribution in [2.45, 2.75) is 32.3 Å². The molecular weight excluding hydrogens is 284 g/mol. The van der Waals surface area contributed by atoms with Gasteiger partial charge in [0, 0.05) is 16.0 Å². The van der Waals surface area contributed by atoms with Gasteiger partial charge < -0.3 is 9.84 Å². The molecule has 0 saturated carbocycles. The number of aliphatic hydroxyl groups excluding tert-OH is 1. The lowest BCUT2D eigenvalue weighted by Gasteiger charge is -2.19. The Morgan fingerprint density at radius 2 is 1.95 bits per heavy atom. The van der Waals surface area contributed by atoms with Crippen molar-refractivity contribution in [2.75, 3.05) is 6.61 Å². The Hall–Kier alpha value is -1.51. The van der Waals surface area contributed by atoms with Crippen LogP contribution in [0.15, 0.2) is 36.4 Å². The maximum absolute atomic E-state index is 10.7. The Morgan fingerprint density at radius 1 is 1.19 bits per heavy atom. The van der Waals surface area contributed by atoms with E-state index >= 15 is 0 Å². The van der Waals surface area contributed by atoms with Crippen LogP contribution in [0.3, 0.4) is 0 Å². The lowest BCUT2D eigenvalue weighted by molar-refractivity contribution is 0.219.